The zero-order chi connectivity index (χ0) is 23.0. The van der Waals surface area contributed by atoms with Gasteiger partial charge in [-0.05, 0) is 63.4 Å². The molecule has 2 atom stereocenters. The number of carbonyl (C=O) groups is 1. The van der Waals surface area contributed by atoms with E-state index in [0.717, 1.165) is 57.6 Å². The predicted octanol–water partition coefficient (Wildman–Crippen LogP) is 5.58. The molecule has 2 unspecified atom stereocenters. The molecule has 5 nitrogen and oxygen atoms in total. The number of Topliss-reactive ketones (excluding diaryl/α,β-unsaturated/α-hetero) is 1. The third-order valence-corrected chi connectivity index (χ3v) is 7.02. The van der Waals surface area contributed by atoms with Gasteiger partial charge in [-0.3, -0.25) is 9.69 Å². The van der Waals surface area contributed by atoms with E-state index in [-0.39, 0.29) is 5.92 Å². The topological polar surface area (TPSA) is 58.1 Å². The molecule has 1 N–H and O–H groups in total. The van der Waals surface area contributed by atoms with E-state index < -0.39 is 0 Å². The minimum Gasteiger partial charge on any atom is -0.350 e. The molecule has 176 valence electrons. The summed E-state index contributed by atoms with van der Waals surface area (Å²) in [6.07, 6.45) is 10.3. The summed E-state index contributed by atoms with van der Waals surface area (Å²) < 4.78 is 0. The average molecular weight is 449 g/mol. The molecule has 1 aliphatic carbocycles. The number of piperidine rings is 1. The molecule has 1 saturated heterocycles. The van der Waals surface area contributed by atoms with E-state index in [1.54, 1.807) is 0 Å². The quantitative estimate of drug-likeness (QED) is 0.533. The van der Waals surface area contributed by atoms with Gasteiger partial charge < -0.3 is 5.32 Å². The van der Waals surface area contributed by atoms with Crippen LogP contribution in [-0.4, -0.2) is 51.1 Å². The van der Waals surface area contributed by atoms with Crippen LogP contribution in [0.1, 0.15) is 91.5 Å². The van der Waals surface area contributed by atoms with Crippen LogP contribution in [0.25, 0.3) is 0 Å². The fourth-order valence-corrected chi connectivity index (χ4v) is 5.12. The fraction of sp³-hybridized carbons (Fsp3) is 0.800. The van der Waals surface area contributed by atoms with E-state index in [0.29, 0.717) is 35.0 Å². The second-order valence-corrected chi connectivity index (χ2v) is 10.4. The highest BCUT2D eigenvalue weighted by Gasteiger charge is 2.28. The standard InChI is InChI=1S/C23H38N4OS.C2H6/c1-15(2)22(28)9-17-5-7-18(8-6-17)19-11-24-23(25-12-19)26-20-10-21(29)14-27(13-20)16(3)4;1-2/h11-12,15-18,20-21,29H,5-10,13-14H2,1-4H3,(H,24,25,26);1-2H3. The number of thiol groups is 1. The van der Waals surface area contributed by atoms with Crippen LogP contribution in [0, 0.1) is 11.8 Å². The van der Waals surface area contributed by atoms with Gasteiger partial charge in [0.25, 0.3) is 0 Å². The van der Waals surface area contributed by atoms with E-state index in [1.807, 2.05) is 40.1 Å². The van der Waals surface area contributed by atoms with Crippen LogP contribution in [0.4, 0.5) is 5.95 Å². The largest absolute Gasteiger partial charge is 0.350 e. The Morgan fingerprint density at radius 3 is 2.26 bits per heavy atom. The Kier molecular flexibility index (Phi) is 10.8. The molecule has 3 rings (SSSR count). The molecular formula is C25H44N4OS. The maximum absolute atomic E-state index is 12.0. The maximum atomic E-state index is 12.0. The summed E-state index contributed by atoms with van der Waals surface area (Å²) in [5.41, 5.74) is 1.24. The zero-order valence-electron chi connectivity index (χ0n) is 20.5. The van der Waals surface area contributed by atoms with Crippen molar-refractivity contribution < 1.29 is 4.79 Å². The summed E-state index contributed by atoms with van der Waals surface area (Å²) in [5.74, 6) is 2.39. The number of anilines is 1. The number of carbonyl (C=O) groups excluding carboxylic acids is 1. The predicted molar refractivity (Wildman–Crippen MR) is 134 cm³/mol. The molecular weight excluding hydrogens is 404 g/mol. The molecule has 1 aromatic heterocycles. The van der Waals surface area contributed by atoms with Crippen LogP contribution in [0.5, 0.6) is 0 Å². The lowest BCUT2D eigenvalue weighted by Gasteiger charge is -2.38. The van der Waals surface area contributed by atoms with Crippen molar-refractivity contribution >= 4 is 24.4 Å². The Hall–Kier alpha value is -1.14. The van der Waals surface area contributed by atoms with Crippen molar-refractivity contribution in [1.82, 2.24) is 14.9 Å². The van der Waals surface area contributed by atoms with Gasteiger partial charge in [0.2, 0.25) is 5.95 Å². The van der Waals surface area contributed by atoms with Crippen LogP contribution in [0.15, 0.2) is 12.4 Å². The molecule has 2 aliphatic rings. The molecule has 0 aromatic carbocycles. The molecule has 2 fully saturated rings. The molecule has 1 aromatic rings. The highest BCUT2D eigenvalue weighted by atomic mass is 32.1. The summed E-state index contributed by atoms with van der Waals surface area (Å²) >= 11 is 4.72. The van der Waals surface area contributed by atoms with Crippen molar-refractivity contribution in [3.63, 3.8) is 0 Å². The first-order chi connectivity index (χ1) is 14.8. The van der Waals surface area contributed by atoms with Gasteiger partial charge in [-0.25, -0.2) is 9.97 Å². The van der Waals surface area contributed by atoms with Gasteiger partial charge in [0.05, 0.1) is 0 Å². The van der Waals surface area contributed by atoms with Crippen LogP contribution in [0.3, 0.4) is 0 Å². The number of nitrogens with zero attached hydrogens (tertiary/aromatic N) is 3. The number of aromatic nitrogens is 2. The lowest BCUT2D eigenvalue weighted by atomic mass is 9.77. The van der Waals surface area contributed by atoms with E-state index in [9.17, 15) is 4.79 Å². The lowest BCUT2D eigenvalue weighted by Crippen LogP contribution is -2.49. The normalized spacial score (nSPS) is 27.0. The molecule has 0 spiro atoms. The highest BCUT2D eigenvalue weighted by molar-refractivity contribution is 7.81. The van der Waals surface area contributed by atoms with Gasteiger partial charge in [0, 0.05) is 55.2 Å². The first-order valence-corrected chi connectivity index (χ1v) is 12.9. The Balaban J connectivity index is 0.00000166. The van der Waals surface area contributed by atoms with Crippen molar-refractivity contribution in [2.24, 2.45) is 11.8 Å². The van der Waals surface area contributed by atoms with E-state index in [4.69, 9.17) is 12.6 Å². The molecule has 0 radical (unpaired) electrons. The summed E-state index contributed by atoms with van der Waals surface area (Å²) in [6.45, 7) is 14.5. The number of hydrogen-bond donors (Lipinski definition) is 2. The maximum Gasteiger partial charge on any atom is 0.222 e. The van der Waals surface area contributed by atoms with Crippen molar-refractivity contribution in [1.29, 1.82) is 0 Å². The summed E-state index contributed by atoms with van der Waals surface area (Å²) in [6, 6.07) is 0.872. The summed E-state index contributed by atoms with van der Waals surface area (Å²) in [7, 11) is 0. The molecule has 2 heterocycles. The van der Waals surface area contributed by atoms with Crippen molar-refractivity contribution in [2.45, 2.75) is 103 Å². The number of ketones is 1. The van der Waals surface area contributed by atoms with Crippen LogP contribution in [0.2, 0.25) is 0 Å². The van der Waals surface area contributed by atoms with Crippen LogP contribution in [-0.2, 0) is 4.79 Å². The van der Waals surface area contributed by atoms with Gasteiger partial charge in [0.1, 0.15) is 5.78 Å². The third-order valence-electron chi connectivity index (χ3n) is 6.64. The Bertz CT molecular complexity index is 656. The Morgan fingerprint density at radius 2 is 1.71 bits per heavy atom. The number of nitrogens with one attached hydrogen (secondary N) is 1. The summed E-state index contributed by atoms with van der Waals surface area (Å²) in [5, 5.41) is 3.90. The van der Waals surface area contributed by atoms with Gasteiger partial charge in [0.15, 0.2) is 0 Å². The first kappa shape index (κ1) is 26.1. The fourth-order valence-electron chi connectivity index (χ4n) is 4.66. The monoisotopic (exact) mass is 448 g/mol. The Morgan fingerprint density at radius 1 is 1.10 bits per heavy atom. The molecule has 1 aliphatic heterocycles. The second-order valence-electron chi connectivity index (χ2n) is 9.66. The molecule has 6 heteroatoms. The molecule has 31 heavy (non-hydrogen) atoms. The molecule has 0 amide bonds. The van der Waals surface area contributed by atoms with Gasteiger partial charge >= 0.3 is 0 Å². The van der Waals surface area contributed by atoms with E-state index in [2.05, 4.69) is 34.0 Å². The minimum absolute atomic E-state index is 0.163. The molecule has 0 bridgehead atoms. The Labute approximate surface area is 195 Å². The van der Waals surface area contributed by atoms with Crippen molar-refractivity contribution in [3.05, 3.63) is 18.0 Å². The van der Waals surface area contributed by atoms with Crippen molar-refractivity contribution in [2.75, 3.05) is 18.4 Å². The summed E-state index contributed by atoms with van der Waals surface area (Å²) in [4.78, 5) is 23.7. The lowest BCUT2D eigenvalue weighted by molar-refractivity contribution is -0.123. The zero-order valence-corrected chi connectivity index (χ0v) is 21.4. The van der Waals surface area contributed by atoms with Gasteiger partial charge in [-0.15, -0.1) is 0 Å². The van der Waals surface area contributed by atoms with E-state index in [1.165, 1.54) is 5.56 Å². The van der Waals surface area contributed by atoms with Crippen molar-refractivity contribution in [3.8, 4) is 0 Å². The van der Waals surface area contributed by atoms with Crippen LogP contribution >= 0.6 is 12.6 Å². The molecule has 1 saturated carbocycles. The second kappa shape index (κ2) is 12.8. The van der Waals surface area contributed by atoms with E-state index >= 15 is 0 Å². The SMILES string of the molecule is CC.CC(C)C(=O)CC1CCC(c2cnc(NC3CC(S)CN(C(C)C)C3)nc2)CC1. The minimum atomic E-state index is 0.163. The highest BCUT2D eigenvalue weighted by Crippen LogP contribution is 2.37. The number of likely N-dealkylation sites (tertiary alicyclic amines) is 1. The van der Waals surface area contributed by atoms with Gasteiger partial charge in [-0.2, -0.15) is 12.6 Å². The number of rotatable bonds is 7. The first-order valence-electron chi connectivity index (χ1n) is 12.3. The number of hydrogen-bond acceptors (Lipinski definition) is 6. The average Bonchev–Trinajstić information content (AvgIpc) is 2.76. The smallest absolute Gasteiger partial charge is 0.222 e. The van der Waals surface area contributed by atoms with Gasteiger partial charge in [-0.1, -0.05) is 27.7 Å². The van der Waals surface area contributed by atoms with Crippen LogP contribution < -0.4 is 5.32 Å². The third kappa shape index (κ3) is 8.05.